The highest BCUT2D eigenvalue weighted by molar-refractivity contribution is 9.10. The number of hydrogen-bond donors (Lipinski definition) is 1. The molecule has 19 heavy (non-hydrogen) atoms. The Hall–Kier alpha value is -0.830. The Morgan fingerprint density at radius 2 is 1.95 bits per heavy atom. The van der Waals surface area contributed by atoms with E-state index in [1.165, 1.54) is 0 Å². The Kier molecular flexibility index (Phi) is 4.34. The first kappa shape index (κ1) is 14.6. The topological polar surface area (TPSA) is 20.2 Å². The highest BCUT2D eigenvalue weighted by atomic mass is 79.9. The summed E-state index contributed by atoms with van der Waals surface area (Å²) in [4.78, 5) is 0. The molecule has 0 aliphatic carbocycles. The van der Waals surface area contributed by atoms with Crippen LogP contribution in [0.3, 0.4) is 0 Å². The summed E-state index contributed by atoms with van der Waals surface area (Å²) in [6.07, 6.45) is 0.489. The molecule has 2 aromatic rings. The second-order valence-electron chi connectivity index (χ2n) is 5.06. The smallest absolute Gasteiger partial charge is 0.0909 e. The fourth-order valence-corrected chi connectivity index (χ4v) is 2.86. The number of rotatable bonds is 3. The average Bonchev–Trinajstić information content (AvgIpc) is 2.33. The van der Waals surface area contributed by atoms with E-state index in [1.54, 1.807) is 0 Å². The predicted molar refractivity (Wildman–Crippen MR) is 83.6 cm³/mol. The summed E-state index contributed by atoms with van der Waals surface area (Å²) in [6.45, 7) is 3.84. The second kappa shape index (κ2) is 5.66. The lowest BCUT2D eigenvalue weighted by Gasteiger charge is -2.25. The standard InChI is InChI=1S/C16H16BrClO/c1-11-4-3-5-13(8-11)16(2,19)10-12-6-7-14(17)9-15(12)18/h3-9,19H,10H2,1-2H3. The molecule has 2 aromatic carbocycles. The van der Waals surface area contributed by atoms with Gasteiger partial charge in [0.15, 0.2) is 0 Å². The minimum atomic E-state index is -0.927. The summed E-state index contributed by atoms with van der Waals surface area (Å²) in [7, 11) is 0. The highest BCUT2D eigenvalue weighted by Crippen LogP contribution is 2.30. The summed E-state index contributed by atoms with van der Waals surface area (Å²) in [5, 5.41) is 11.4. The molecule has 0 saturated carbocycles. The number of aryl methyl sites for hydroxylation is 1. The van der Waals surface area contributed by atoms with Gasteiger partial charge in [0.05, 0.1) is 5.60 Å². The summed E-state index contributed by atoms with van der Waals surface area (Å²) in [6, 6.07) is 13.7. The third kappa shape index (κ3) is 3.59. The summed E-state index contributed by atoms with van der Waals surface area (Å²) < 4.78 is 0.941. The van der Waals surface area contributed by atoms with E-state index in [9.17, 15) is 5.11 Å². The molecule has 0 radical (unpaired) electrons. The minimum Gasteiger partial charge on any atom is -0.385 e. The van der Waals surface area contributed by atoms with Crippen molar-refractivity contribution in [3.05, 3.63) is 68.7 Å². The van der Waals surface area contributed by atoms with E-state index in [1.807, 2.05) is 56.3 Å². The lowest BCUT2D eigenvalue weighted by Crippen LogP contribution is -2.24. The number of hydrogen-bond acceptors (Lipinski definition) is 1. The summed E-state index contributed by atoms with van der Waals surface area (Å²) in [5.41, 5.74) is 2.06. The zero-order chi connectivity index (χ0) is 14.0. The quantitative estimate of drug-likeness (QED) is 0.846. The molecule has 2 rings (SSSR count). The molecule has 1 N–H and O–H groups in total. The molecule has 1 atom stereocenters. The molecule has 0 bridgehead atoms. The van der Waals surface area contributed by atoms with Gasteiger partial charge in [0.2, 0.25) is 0 Å². The maximum absolute atomic E-state index is 10.7. The number of benzene rings is 2. The van der Waals surface area contributed by atoms with E-state index in [2.05, 4.69) is 15.9 Å². The van der Waals surface area contributed by atoms with Crippen molar-refractivity contribution in [1.29, 1.82) is 0 Å². The van der Waals surface area contributed by atoms with Gasteiger partial charge in [0.25, 0.3) is 0 Å². The number of aliphatic hydroxyl groups is 1. The van der Waals surface area contributed by atoms with Gasteiger partial charge >= 0.3 is 0 Å². The molecule has 0 saturated heterocycles. The van der Waals surface area contributed by atoms with Crippen LogP contribution in [0.2, 0.25) is 5.02 Å². The van der Waals surface area contributed by atoms with Crippen LogP contribution in [-0.2, 0) is 12.0 Å². The van der Waals surface area contributed by atoms with Crippen molar-refractivity contribution in [2.45, 2.75) is 25.9 Å². The second-order valence-corrected chi connectivity index (χ2v) is 6.38. The normalized spacial score (nSPS) is 14.2. The SMILES string of the molecule is Cc1cccc(C(C)(O)Cc2ccc(Br)cc2Cl)c1. The molecule has 100 valence electrons. The first-order chi connectivity index (χ1) is 8.88. The van der Waals surface area contributed by atoms with Gasteiger partial charge in [0, 0.05) is 15.9 Å². The van der Waals surface area contributed by atoms with Crippen LogP contribution in [0.1, 0.15) is 23.6 Å². The van der Waals surface area contributed by atoms with E-state index < -0.39 is 5.60 Å². The lowest BCUT2D eigenvalue weighted by atomic mass is 9.88. The Bertz CT molecular complexity index is 593. The first-order valence-electron chi connectivity index (χ1n) is 6.12. The summed E-state index contributed by atoms with van der Waals surface area (Å²) in [5.74, 6) is 0. The Labute approximate surface area is 127 Å². The van der Waals surface area contributed by atoms with Gasteiger partial charge in [-0.25, -0.2) is 0 Å². The van der Waals surface area contributed by atoms with E-state index in [0.29, 0.717) is 11.4 Å². The molecule has 0 fully saturated rings. The van der Waals surface area contributed by atoms with Crippen molar-refractivity contribution in [2.75, 3.05) is 0 Å². The minimum absolute atomic E-state index is 0.489. The average molecular weight is 340 g/mol. The van der Waals surface area contributed by atoms with Gasteiger partial charge in [-0.2, -0.15) is 0 Å². The van der Waals surface area contributed by atoms with Gasteiger partial charge in [-0.3, -0.25) is 0 Å². The van der Waals surface area contributed by atoms with Crippen molar-refractivity contribution >= 4 is 27.5 Å². The molecule has 0 aliphatic heterocycles. The highest BCUT2D eigenvalue weighted by Gasteiger charge is 2.24. The van der Waals surface area contributed by atoms with Crippen molar-refractivity contribution in [2.24, 2.45) is 0 Å². The third-order valence-electron chi connectivity index (χ3n) is 3.19. The van der Waals surface area contributed by atoms with Gasteiger partial charge in [-0.05, 0) is 37.1 Å². The van der Waals surface area contributed by atoms with Gasteiger partial charge in [0.1, 0.15) is 0 Å². The lowest BCUT2D eigenvalue weighted by molar-refractivity contribution is 0.0576. The fraction of sp³-hybridized carbons (Fsp3) is 0.250. The predicted octanol–water partition coefficient (Wildman–Crippen LogP) is 4.86. The molecule has 1 unspecified atom stereocenters. The van der Waals surface area contributed by atoms with E-state index >= 15 is 0 Å². The Morgan fingerprint density at radius 1 is 1.21 bits per heavy atom. The molecule has 3 heteroatoms. The van der Waals surface area contributed by atoms with Gasteiger partial charge < -0.3 is 5.11 Å². The third-order valence-corrected chi connectivity index (χ3v) is 4.03. The maximum Gasteiger partial charge on any atom is 0.0909 e. The monoisotopic (exact) mass is 338 g/mol. The fourth-order valence-electron chi connectivity index (χ4n) is 2.12. The van der Waals surface area contributed by atoms with Crippen LogP contribution >= 0.6 is 27.5 Å². The van der Waals surface area contributed by atoms with E-state index in [0.717, 1.165) is 21.2 Å². The zero-order valence-electron chi connectivity index (χ0n) is 11.0. The van der Waals surface area contributed by atoms with Gasteiger partial charge in [-0.15, -0.1) is 0 Å². The first-order valence-corrected chi connectivity index (χ1v) is 7.29. The van der Waals surface area contributed by atoms with Crippen molar-refractivity contribution < 1.29 is 5.11 Å². The van der Waals surface area contributed by atoms with Crippen LogP contribution in [0.4, 0.5) is 0 Å². The van der Waals surface area contributed by atoms with Crippen LogP contribution in [0.5, 0.6) is 0 Å². The van der Waals surface area contributed by atoms with Crippen LogP contribution in [0.25, 0.3) is 0 Å². The molecule has 0 amide bonds. The van der Waals surface area contributed by atoms with Crippen molar-refractivity contribution in [1.82, 2.24) is 0 Å². The van der Waals surface area contributed by atoms with Crippen LogP contribution < -0.4 is 0 Å². The van der Waals surface area contributed by atoms with Gasteiger partial charge in [-0.1, -0.05) is 63.4 Å². The Balaban J connectivity index is 2.30. The molecule has 0 aliphatic rings. The van der Waals surface area contributed by atoms with Crippen LogP contribution in [-0.4, -0.2) is 5.11 Å². The van der Waals surface area contributed by atoms with E-state index in [4.69, 9.17) is 11.6 Å². The van der Waals surface area contributed by atoms with Crippen molar-refractivity contribution in [3.8, 4) is 0 Å². The van der Waals surface area contributed by atoms with Crippen LogP contribution in [0.15, 0.2) is 46.9 Å². The largest absolute Gasteiger partial charge is 0.385 e. The molecule has 0 aromatic heterocycles. The van der Waals surface area contributed by atoms with Crippen LogP contribution in [0, 0.1) is 6.92 Å². The maximum atomic E-state index is 10.7. The molecular formula is C16H16BrClO. The number of halogens is 2. The molecular weight excluding hydrogens is 324 g/mol. The molecule has 1 nitrogen and oxygen atoms in total. The van der Waals surface area contributed by atoms with Crippen molar-refractivity contribution in [3.63, 3.8) is 0 Å². The Morgan fingerprint density at radius 3 is 2.58 bits per heavy atom. The summed E-state index contributed by atoms with van der Waals surface area (Å²) >= 11 is 9.60. The zero-order valence-corrected chi connectivity index (χ0v) is 13.3. The molecule has 0 spiro atoms. The van der Waals surface area contributed by atoms with E-state index in [-0.39, 0.29) is 0 Å². The molecule has 0 heterocycles.